The van der Waals surface area contributed by atoms with Gasteiger partial charge in [-0.15, -0.1) is 0 Å². The number of carbonyl (C=O) groups is 1. The SMILES string of the molecule is CN1CCN(C2CC(N(NC(=O)c3ccccc3)n3ncc4cc(Cc5cc(F)cc(F)c5)ccc43)CCO2)CC1. The summed E-state index contributed by atoms with van der Waals surface area (Å²) < 4.78 is 33.7. The van der Waals surface area contributed by atoms with Crippen molar-refractivity contribution in [3.05, 3.63) is 101 Å². The van der Waals surface area contributed by atoms with Crippen LogP contribution < -0.4 is 10.5 Å². The number of amides is 1. The van der Waals surface area contributed by atoms with Gasteiger partial charge in [0.1, 0.15) is 17.9 Å². The maximum Gasteiger partial charge on any atom is 0.271 e. The highest BCUT2D eigenvalue weighted by Crippen LogP contribution is 2.25. The number of nitrogens with one attached hydrogen (secondary N) is 1. The molecule has 0 bridgehead atoms. The quantitative estimate of drug-likeness (QED) is 0.346. The molecule has 3 heterocycles. The van der Waals surface area contributed by atoms with Crippen LogP contribution in [0.25, 0.3) is 10.9 Å². The van der Waals surface area contributed by atoms with Crippen molar-refractivity contribution in [3.8, 4) is 0 Å². The van der Waals surface area contributed by atoms with Gasteiger partial charge >= 0.3 is 0 Å². The lowest BCUT2D eigenvalue weighted by Gasteiger charge is -2.43. The van der Waals surface area contributed by atoms with Crippen LogP contribution in [-0.2, 0) is 11.2 Å². The summed E-state index contributed by atoms with van der Waals surface area (Å²) in [5, 5.41) is 7.39. The van der Waals surface area contributed by atoms with E-state index in [1.165, 1.54) is 12.1 Å². The van der Waals surface area contributed by atoms with E-state index in [-0.39, 0.29) is 18.2 Å². The number of nitrogens with zero attached hydrogens (tertiary/aromatic N) is 5. The molecule has 1 amide bonds. The van der Waals surface area contributed by atoms with E-state index in [0.717, 1.165) is 55.1 Å². The minimum absolute atomic E-state index is 0.0429. The summed E-state index contributed by atoms with van der Waals surface area (Å²) in [6.45, 7) is 4.44. The van der Waals surface area contributed by atoms with Gasteiger partial charge in [-0.1, -0.05) is 24.3 Å². The molecule has 8 nitrogen and oxygen atoms in total. The third-order valence-electron chi connectivity index (χ3n) is 7.93. The van der Waals surface area contributed by atoms with Crippen LogP contribution in [0.1, 0.15) is 34.3 Å². The zero-order valence-electron chi connectivity index (χ0n) is 23.0. The predicted octanol–water partition coefficient (Wildman–Crippen LogP) is 3.94. The zero-order valence-corrected chi connectivity index (χ0v) is 23.0. The fourth-order valence-electron chi connectivity index (χ4n) is 5.70. The first-order chi connectivity index (χ1) is 19.9. The van der Waals surface area contributed by atoms with Crippen LogP contribution in [0.4, 0.5) is 8.78 Å². The lowest BCUT2D eigenvalue weighted by atomic mass is 10.0. The largest absolute Gasteiger partial charge is 0.363 e. The molecule has 2 aliphatic rings. The van der Waals surface area contributed by atoms with Crippen molar-refractivity contribution in [1.29, 1.82) is 0 Å². The highest BCUT2D eigenvalue weighted by molar-refractivity contribution is 5.94. The summed E-state index contributed by atoms with van der Waals surface area (Å²) in [6.07, 6.45) is 3.53. The normalized spacial score (nSPS) is 20.3. The summed E-state index contributed by atoms with van der Waals surface area (Å²) in [5.41, 5.74) is 5.96. The van der Waals surface area contributed by atoms with Gasteiger partial charge in [0.25, 0.3) is 5.91 Å². The first kappa shape index (κ1) is 27.3. The molecule has 0 radical (unpaired) electrons. The van der Waals surface area contributed by atoms with Crippen molar-refractivity contribution in [3.63, 3.8) is 0 Å². The first-order valence-corrected chi connectivity index (χ1v) is 14.0. The van der Waals surface area contributed by atoms with Crippen LogP contribution in [0.3, 0.4) is 0 Å². The Labute approximate surface area is 238 Å². The minimum atomic E-state index is -0.593. The van der Waals surface area contributed by atoms with Crippen molar-refractivity contribution in [2.24, 2.45) is 0 Å². The third kappa shape index (κ3) is 6.24. The Bertz CT molecular complexity index is 1490. The molecule has 1 aromatic heterocycles. The van der Waals surface area contributed by atoms with Gasteiger partial charge in [0, 0.05) is 49.6 Å². The van der Waals surface area contributed by atoms with Crippen molar-refractivity contribution in [1.82, 2.24) is 25.1 Å². The van der Waals surface area contributed by atoms with Crippen LogP contribution in [0.15, 0.2) is 72.9 Å². The van der Waals surface area contributed by atoms with Crippen LogP contribution in [-0.4, -0.2) is 77.7 Å². The van der Waals surface area contributed by atoms with Crippen LogP contribution in [0, 0.1) is 11.6 Å². The lowest BCUT2D eigenvalue weighted by Crippen LogP contribution is -2.60. The first-order valence-electron chi connectivity index (χ1n) is 14.0. The Morgan fingerprint density at radius 1 is 1.00 bits per heavy atom. The average Bonchev–Trinajstić information content (AvgIpc) is 3.39. The number of piperazine rings is 1. The maximum absolute atomic E-state index is 13.7. The van der Waals surface area contributed by atoms with E-state index in [1.807, 2.05) is 41.5 Å². The summed E-state index contributed by atoms with van der Waals surface area (Å²) in [5.74, 6) is -1.41. The van der Waals surface area contributed by atoms with E-state index >= 15 is 0 Å². The van der Waals surface area contributed by atoms with Gasteiger partial charge in [0.2, 0.25) is 0 Å². The highest BCUT2D eigenvalue weighted by atomic mass is 19.1. The number of ether oxygens (including phenoxy) is 1. The molecule has 1 N–H and O–H groups in total. The van der Waals surface area contributed by atoms with E-state index in [4.69, 9.17) is 4.74 Å². The number of hydrogen-bond donors (Lipinski definition) is 1. The van der Waals surface area contributed by atoms with Crippen LogP contribution >= 0.6 is 0 Å². The van der Waals surface area contributed by atoms with Crippen molar-refractivity contribution < 1.29 is 18.3 Å². The molecule has 2 saturated heterocycles. The number of rotatable bonds is 7. The summed E-state index contributed by atoms with van der Waals surface area (Å²) in [4.78, 5) is 19.8. The molecule has 2 fully saturated rings. The molecule has 214 valence electrons. The van der Waals surface area contributed by atoms with Gasteiger partial charge in [-0.2, -0.15) is 9.89 Å². The van der Waals surface area contributed by atoms with Gasteiger partial charge in [-0.05, 0) is 67.4 Å². The molecule has 2 atom stereocenters. The molecule has 2 unspecified atom stereocenters. The Morgan fingerprint density at radius 3 is 2.51 bits per heavy atom. The Hall–Kier alpha value is -3.86. The van der Waals surface area contributed by atoms with E-state index in [0.29, 0.717) is 30.6 Å². The Balaban J connectivity index is 1.28. The van der Waals surface area contributed by atoms with Gasteiger partial charge in [-0.25, -0.2) is 19.3 Å². The minimum Gasteiger partial charge on any atom is -0.363 e. The van der Waals surface area contributed by atoms with Gasteiger partial charge in [-0.3, -0.25) is 9.69 Å². The number of halogens is 2. The van der Waals surface area contributed by atoms with Crippen molar-refractivity contribution in [2.75, 3.05) is 45.0 Å². The smallest absolute Gasteiger partial charge is 0.271 e. The second-order valence-corrected chi connectivity index (χ2v) is 10.9. The summed E-state index contributed by atoms with van der Waals surface area (Å²) in [6, 6.07) is 18.5. The molecule has 3 aromatic carbocycles. The number of likely N-dealkylation sites (N-methyl/N-ethyl adjacent to an activating group) is 1. The molecule has 0 spiro atoms. The maximum atomic E-state index is 13.7. The number of hydrogen-bond acceptors (Lipinski definition) is 6. The van der Waals surface area contributed by atoms with Crippen LogP contribution in [0.5, 0.6) is 0 Å². The van der Waals surface area contributed by atoms with E-state index < -0.39 is 11.6 Å². The standard InChI is InChI=1S/C31H34F2N6O2/c1-36-10-12-37(13-11-36)30-20-28(9-14-41-30)38(35-31(40)24-5-3-2-4-6-24)39-29-8-7-22(16-25(29)21-34-39)15-23-17-26(32)19-27(33)18-23/h2-8,16-19,21,28,30H,9-15,20H2,1H3,(H,35,40). The van der Waals surface area contributed by atoms with Gasteiger partial charge < -0.3 is 9.64 Å². The second-order valence-electron chi connectivity index (χ2n) is 10.9. The fourth-order valence-corrected chi connectivity index (χ4v) is 5.70. The molecule has 0 saturated carbocycles. The number of carbonyl (C=O) groups excluding carboxylic acids is 1. The molecule has 10 heteroatoms. The topological polar surface area (TPSA) is 65.9 Å². The summed E-state index contributed by atoms with van der Waals surface area (Å²) in [7, 11) is 2.13. The van der Waals surface area contributed by atoms with Gasteiger partial charge in [0.15, 0.2) is 0 Å². The number of fused-ring (bicyclic) bond motifs is 1. The summed E-state index contributed by atoms with van der Waals surface area (Å²) >= 11 is 0. The predicted molar refractivity (Wildman–Crippen MR) is 153 cm³/mol. The van der Waals surface area contributed by atoms with Crippen molar-refractivity contribution >= 4 is 16.8 Å². The molecule has 2 aliphatic heterocycles. The van der Waals surface area contributed by atoms with E-state index in [2.05, 4.69) is 27.4 Å². The molecule has 41 heavy (non-hydrogen) atoms. The third-order valence-corrected chi connectivity index (χ3v) is 7.93. The number of benzene rings is 3. The highest BCUT2D eigenvalue weighted by Gasteiger charge is 2.34. The monoisotopic (exact) mass is 560 g/mol. The fraction of sp³-hybridized carbons (Fsp3) is 0.355. The Morgan fingerprint density at radius 2 is 1.76 bits per heavy atom. The van der Waals surface area contributed by atoms with Gasteiger partial charge in [0.05, 0.1) is 24.4 Å². The number of aromatic nitrogens is 2. The lowest BCUT2D eigenvalue weighted by molar-refractivity contribution is -0.105. The molecule has 6 rings (SSSR count). The molecule has 0 aliphatic carbocycles. The van der Waals surface area contributed by atoms with E-state index in [1.54, 1.807) is 23.1 Å². The molecular weight excluding hydrogens is 526 g/mol. The number of hydrazine groups is 1. The van der Waals surface area contributed by atoms with Crippen molar-refractivity contribution in [2.45, 2.75) is 31.5 Å². The van der Waals surface area contributed by atoms with E-state index in [9.17, 15) is 13.6 Å². The van der Waals surface area contributed by atoms with Crippen LogP contribution in [0.2, 0.25) is 0 Å². The second kappa shape index (κ2) is 11.9. The average molecular weight is 561 g/mol. The molecular formula is C31H34F2N6O2. The Kier molecular flexibility index (Phi) is 7.95. The zero-order chi connectivity index (χ0) is 28.3. The molecule has 4 aromatic rings.